The Morgan fingerprint density at radius 3 is 1.04 bits per heavy atom. The molecule has 0 aliphatic rings. The Labute approximate surface area is 143 Å². The van der Waals surface area contributed by atoms with Gasteiger partial charge < -0.3 is 0 Å². The van der Waals surface area contributed by atoms with Crippen molar-refractivity contribution < 1.29 is 13.4 Å². The van der Waals surface area contributed by atoms with Crippen molar-refractivity contribution >= 4 is 15.3 Å². The molecule has 0 amide bonds. The first-order valence-electron chi connectivity index (χ1n) is 8.56. The van der Waals surface area contributed by atoms with Crippen LogP contribution in [0.1, 0.15) is 41.5 Å². The van der Waals surface area contributed by atoms with Crippen LogP contribution < -0.4 is 0 Å². The standard InChI is InChI=1S/C14H36N4O3P2/c1-9-15(7)22(19,17(11-3)12-4)21-23(20,16(8)10-2)18(13-5)14-6/h9-14H2,1-8H3. The molecule has 0 aromatic heterocycles. The molecule has 7 nitrogen and oxygen atoms in total. The van der Waals surface area contributed by atoms with Crippen molar-refractivity contribution in [2.75, 3.05) is 53.4 Å². The third kappa shape index (κ3) is 5.12. The highest BCUT2D eigenvalue weighted by molar-refractivity contribution is 7.67. The van der Waals surface area contributed by atoms with Gasteiger partial charge in [0.25, 0.3) is 0 Å². The molecule has 2 unspecified atom stereocenters. The minimum atomic E-state index is -3.37. The van der Waals surface area contributed by atoms with Crippen molar-refractivity contribution in [3.05, 3.63) is 0 Å². The Bertz CT molecular complexity index is 390. The Balaban J connectivity index is 5.98. The van der Waals surface area contributed by atoms with Gasteiger partial charge in [-0.2, -0.15) is 0 Å². The first-order chi connectivity index (χ1) is 10.7. The molecule has 0 saturated heterocycles. The van der Waals surface area contributed by atoms with Crippen LogP contribution in [0.15, 0.2) is 0 Å². The smallest absolute Gasteiger partial charge is 0.255 e. The summed E-state index contributed by atoms with van der Waals surface area (Å²) in [6.45, 7) is 15.0. The first kappa shape index (κ1) is 23.3. The molecule has 0 fully saturated rings. The van der Waals surface area contributed by atoms with Gasteiger partial charge in [-0.25, -0.2) is 23.0 Å². The molecule has 0 aliphatic carbocycles. The molecule has 140 valence electrons. The van der Waals surface area contributed by atoms with Crippen LogP contribution in [0.3, 0.4) is 0 Å². The zero-order valence-corrected chi connectivity index (χ0v) is 17.9. The molecule has 0 radical (unpaired) electrons. The fraction of sp³-hybridized carbons (Fsp3) is 1.00. The van der Waals surface area contributed by atoms with Gasteiger partial charge in [0, 0.05) is 39.3 Å². The van der Waals surface area contributed by atoms with Gasteiger partial charge in [-0.05, 0) is 14.1 Å². The monoisotopic (exact) mass is 370 g/mol. The predicted octanol–water partition coefficient (Wildman–Crippen LogP) is 3.81. The quantitative estimate of drug-likeness (QED) is 0.484. The minimum Gasteiger partial charge on any atom is -0.255 e. The molecule has 0 saturated carbocycles. The van der Waals surface area contributed by atoms with E-state index in [0.29, 0.717) is 39.3 Å². The van der Waals surface area contributed by atoms with Crippen LogP contribution in [0.25, 0.3) is 0 Å². The molecule has 0 N–H and O–H groups in total. The molecule has 0 aromatic rings. The van der Waals surface area contributed by atoms with Crippen LogP contribution >= 0.6 is 15.3 Å². The minimum absolute atomic E-state index is 0.557. The molecule has 0 heterocycles. The van der Waals surface area contributed by atoms with Gasteiger partial charge in [-0.3, -0.25) is 9.13 Å². The highest BCUT2D eigenvalue weighted by Gasteiger charge is 2.46. The van der Waals surface area contributed by atoms with Crippen LogP contribution in [-0.4, -0.2) is 72.0 Å². The SMILES string of the molecule is CCN(C)P(=O)(OP(=O)(N(C)CC)N(CC)CC)N(CC)CC. The van der Waals surface area contributed by atoms with Crippen LogP contribution in [-0.2, 0) is 13.4 Å². The second-order valence-corrected chi connectivity index (χ2v) is 10.4. The zero-order chi connectivity index (χ0) is 18.3. The molecular weight excluding hydrogens is 334 g/mol. The lowest BCUT2D eigenvalue weighted by atomic mass is 10.7. The Morgan fingerprint density at radius 1 is 0.609 bits per heavy atom. The van der Waals surface area contributed by atoms with E-state index in [0.717, 1.165) is 0 Å². The predicted molar refractivity (Wildman–Crippen MR) is 98.7 cm³/mol. The highest BCUT2D eigenvalue weighted by atomic mass is 31.3. The summed E-state index contributed by atoms with van der Waals surface area (Å²) in [5, 5.41) is 0. The van der Waals surface area contributed by atoms with Gasteiger partial charge >= 0.3 is 15.3 Å². The van der Waals surface area contributed by atoms with E-state index in [1.807, 2.05) is 41.5 Å². The first-order valence-corrected chi connectivity index (χ1v) is 11.6. The van der Waals surface area contributed by atoms with E-state index in [1.54, 1.807) is 32.8 Å². The maximum atomic E-state index is 13.7. The van der Waals surface area contributed by atoms with E-state index in [2.05, 4.69) is 0 Å². The van der Waals surface area contributed by atoms with Crippen molar-refractivity contribution in [3.63, 3.8) is 0 Å². The Hall–Kier alpha value is 0.260. The van der Waals surface area contributed by atoms with Crippen molar-refractivity contribution in [1.29, 1.82) is 0 Å². The largest absolute Gasteiger partial charge is 0.353 e. The summed E-state index contributed by atoms with van der Waals surface area (Å²) in [6, 6.07) is 0. The maximum Gasteiger partial charge on any atom is 0.353 e. The summed E-state index contributed by atoms with van der Waals surface area (Å²) in [6.07, 6.45) is 0. The molecule has 0 bridgehead atoms. The second-order valence-electron chi connectivity index (χ2n) is 5.29. The highest BCUT2D eigenvalue weighted by Crippen LogP contribution is 2.68. The van der Waals surface area contributed by atoms with Crippen molar-refractivity contribution in [1.82, 2.24) is 18.7 Å². The van der Waals surface area contributed by atoms with Crippen molar-refractivity contribution in [3.8, 4) is 0 Å². The molecule has 9 heteroatoms. The van der Waals surface area contributed by atoms with E-state index in [4.69, 9.17) is 4.31 Å². The average Bonchev–Trinajstić information content (AvgIpc) is 2.54. The average molecular weight is 370 g/mol. The fourth-order valence-electron chi connectivity index (χ4n) is 2.32. The molecule has 0 rings (SSSR count). The van der Waals surface area contributed by atoms with Gasteiger partial charge in [0.15, 0.2) is 0 Å². The summed E-state index contributed by atoms with van der Waals surface area (Å²) in [4.78, 5) is 0. The van der Waals surface area contributed by atoms with Crippen LogP contribution in [0.5, 0.6) is 0 Å². The summed E-state index contributed by atoms with van der Waals surface area (Å²) in [5.74, 6) is 0. The van der Waals surface area contributed by atoms with Gasteiger partial charge in [-0.15, -0.1) is 0 Å². The summed E-state index contributed by atoms with van der Waals surface area (Å²) < 4.78 is 40.3. The second kappa shape index (κ2) is 10.3. The van der Waals surface area contributed by atoms with Crippen molar-refractivity contribution in [2.45, 2.75) is 41.5 Å². The molecule has 23 heavy (non-hydrogen) atoms. The van der Waals surface area contributed by atoms with E-state index in [-0.39, 0.29) is 0 Å². The van der Waals surface area contributed by atoms with Crippen LogP contribution in [0, 0.1) is 0 Å². The zero-order valence-electron chi connectivity index (χ0n) is 16.2. The van der Waals surface area contributed by atoms with E-state index >= 15 is 0 Å². The molecule has 0 aliphatic heterocycles. The summed E-state index contributed by atoms with van der Waals surface area (Å²) in [7, 11) is -3.22. The lowest BCUT2D eigenvalue weighted by molar-refractivity contribution is 0.259. The van der Waals surface area contributed by atoms with Gasteiger partial charge in [0.2, 0.25) is 0 Å². The number of hydrogen-bond donors (Lipinski definition) is 0. The molecule has 0 aromatic carbocycles. The lowest BCUT2D eigenvalue weighted by Gasteiger charge is -2.41. The third-order valence-electron chi connectivity index (χ3n) is 4.17. The topological polar surface area (TPSA) is 56.3 Å². The number of nitrogens with zero attached hydrogens (tertiary/aromatic N) is 4. The summed E-state index contributed by atoms with van der Waals surface area (Å²) in [5.41, 5.74) is 0. The molecule has 0 spiro atoms. The number of hydrogen-bond acceptors (Lipinski definition) is 3. The van der Waals surface area contributed by atoms with E-state index in [9.17, 15) is 9.13 Å². The van der Waals surface area contributed by atoms with E-state index in [1.165, 1.54) is 0 Å². The molecule has 2 atom stereocenters. The van der Waals surface area contributed by atoms with E-state index < -0.39 is 15.3 Å². The van der Waals surface area contributed by atoms with Gasteiger partial charge in [0.05, 0.1) is 0 Å². The van der Waals surface area contributed by atoms with Gasteiger partial charge in [0.1, 0.15) is 0 Å². The van der Waals surface area contributed by atoms with Crippen molar-refractivity contribution in [2.24, 2.45) is 0 Å². The fourth-order valence-corrected chi connectivity index (χ4v) is 8.26. The third-order valence-corrected chi connectivity index (χ3v) is 10.7. The van der Waals surface area contributed by atoms with Crippen LogP contribution in [0.4, 0.5) is 0 Å². The normalized spacial score (nSPS) is 17.9. The Morgan fingerprint density at radius 2 is 0.870 bits per heavy atom. The summed E-state index contributed by atoms with van der Waals surface area (Å²) >= 11 is 0. The maximum absolute atomic E-state index is 13.7. The Kier molecular flexibility index (Phi) is 10.4. The lowest BCUT2D eigenvalue weighted by Crippen LogP contribution is -2.35. The van der Waals surface area contributed by atoms with Crippen LogP contribution in [0.2, 0.25) is 0 Å². The number of rotatable bonds is 12. The molecular formula is C14H36N4O3P2. The van der Waals surface area contributed by atoms with Gasteiger partial charge in [-0.1, -0.05) is 41.5 Å².